The Kier molecular flexibility index (Phi) is 43.0. The van der Waals surface area contributed by atoms with Crippen LogP contribution in [0.5, 0.6) is 5.75 Å². The van der Waals surface area contributed by atoms with Crippen molar-refractivity contribution in [3.63, 3.8) is 0 Å². The molecular formula is C47H83Cl2NO3Pb. The predicted octanol–water partition coefficient (Wildman–Crippen LogP) is 10.2. The number of carbonyl (C=O) groups is 1. The molecule has 0 aliphatic rings. The van der Waals surface area contributed by atoms with Crippen LogP contribution in [-0.2, 0) is 11.3 Å². The van der Waals surface area contributed by atoms with Crippen molar-refractivity contribution in [2.45, 2.75) is 201 Å². The van der Waals surface area contributed by atoms with Crippen molar-refractivity contribution in [3.8, 4) is 5.75 Å². The van der Waals surface area contributed by atoms with Crippen LogP contribution in [0.25, 0.3) is 0 Å². The Balaban J connectivity index is -0.000000752. The number of hydrogen-bond donors (Lipinski definition) is 1. The van der Waals surface area contributed by atoms with Crippen LogP contribution in [0.3, 0.4) is 0 Å². The van der Waals surface area contributed by atoms with E-state index in [-0.39, 0.29) is 46.1 Å². The molecule has 0 unspecified atom stereocenters. The van der Waals surface area contributed by atoms with Crippen LogP contribution in [0.2, 0.25) is 5.02 Å². The molecule has 2 radical (unpaired) electrons. The summed E-state index contributed by atoms with van der Waals surface area (Å²) in [5, 5.41) is 20.1. The summed E-state index contributed by atoms with van der Waals surface area (Å²) in [4.78, 5) is 10.2. The van der Waals surface area contributed by atoms with Crippen molar-refractivity contribution in [2.24, 2.45) is 0 Å². The van der Waals surface area contributed by atoms with Crippen molar-refractivity contribution in [1.29, 1.82) is 0 Å². The molecule has 0 fully saturated rings. The standard InChI is InChI=1S/C21H38N.C18H36O2.C8H9ClO.ClH.Pb.H/c1-4-5-6-7-8-9-10-11-12-16-19-22(2,3)20-21-17-14-13-15-18-21;1-2-3-4-5-6-7-8-9-10-11-12-13-14-15-16-17-18(19)20;1-5-3-4-7(9)6(2)8(5)10;;;/h13-15,17-18H,4-12,16,19-20H2,1-3H3;2-17H2,1H3,(H,19,20);3-4,10H,1-2H3;1H;;/q+1;;;;+1;/p-2. The number of carboxylic acids is 1. The molecule has 0 amide bonds. The van der Waals surface area contributed by atoms with Gasteiger partial charge in [0, 0.05) is 22.1 Å². The van der Waals surface area contributed by atoms with Crippen LogP contribution in [0.15, 0.2) is 42.5 Å². The van der Waals surface area contributed by atoms with E-state index in [9.17, 15) is 15.0 Å². The third-order valence-electron chi connectivity index (χ3n) is 10.1. The molecule has 7 heteroatoms. The molecule has 312 valence electrons. The maximum atomic E-state index is 10.2. The van der Waals surface area contributed by atoms with Gasteiger partial charge in [-0.1, -0.05) is 203 Å². The van der Waals surface area contributed by atoms with Gasteiger partial charge in [0.15, 0.2) is 0 Å². The molecule has 0 bridgehead atoms. The normalized spacial score (nSPS) is 10.6. The van der Waals surface area contributed by atoms with Crippen LogP contribution in [0, 0.1) is 13.8 Å². The minimum absolute atomic E-state index is 0. The molecule has 54 heavy (non-hydrogen) atoms. The molecule has 0 aromatic heterocycles. The van der Waals surface area contributed by atoms with E-state index < -0.39 is 5.97 Å². The van der Waals surface area contributed by atoms with Crippen LogP contribution < -0.4 is 17.5 Å². The molecule has 0 heterocycles. The molecule has 2 aromatic carbocycles. The average Bonchev–Trinajstić information content (AvgIpc) is 3.12. The number of halogens is 2. The Hall–Kier alpha value is -0.828. The number of carboxylic acid groups (broad SMARTS) is 1. The molecule has 0 saturated heterocycles. The first-order chi connectivity index (χ1) is 25.0. The van der Waals surface area contributed by atoms with Crippen LogP contribution >= 0.6 is 11.6 Å². The second-order valence-corrected chi connectivity index (χ2v) is 16.3. The van der Waals surface area contributed by atoms with Crippen molar-refractivity contribution in [1.82, 2.24) is 0 Å². The van der Waals surface area contributed by atoms with Crippen molar-refractivity contribution in [3.05, 3.63) is 64.2 Å². The van der Waals surface area contributed by atoms with E-state index in [0.29, 0.717) is 10.8 Å². The first-order valence-corrected chi connectivity index (χ1v) is 21.9. The summed E-state index contributed by atoms with van der Waals surface area (Å²) >= 11 is 5.73. The molecule has 0 atom stereocenters. The van der Waals surface area contributed by atoms with Crippen LogP contribution in [0.1, 0.15) is 197 Å². The number of hydrogen-bond acceptors (Lipinski definition) is 3. The van der Waals surface area contributed by atoms with Gasteiger partial charge in [0.1, 0.15) is 12.3 Å². The molecule has 0 saturated carbocycles. The molecule has 0 aliphatic heterocycles. The van der Waals surface area contributed by atoms with Gasteiger partial charge in [-0.2, -0.15) is 0 Å². The number of unbranched alkanes of at least 4 members (excludes halogenated alkanes) is 23. The number of quaternary nitrogens is 1. The molecule has 2 rings (SSSR count). The van der Waals surface area contributed by atoms with Crippen molar-refractivity contribution >= 4 is 44.9 Å². The molecule has 0 spiro atoms. The predicted molar refractivity (Wildman–Crippen MR) is 233 cm³/mol. The monoisotopic (exact) mass is 988 g/mol. The quantitative estimate of drug-likeness (QED) is 0.0502. The summed E-state index contributed by atoms with van der Waals surface area (Å²) in [7, 11) is 4.72. The van der Waals surface area contributed by atoms with Gasteiger partial charge in [-0.15, -0.1) is 0 Å². The van der Waals surface area contributed by atoms with E-state index in [1.807, 2.05) is 6.92 Å². The van der Waals surface area contributed by atoms with Crippen molar-refractivity contribution < 1.29 is 31.9 Å². The third-order valence-corrected chi connectivity index (χ3v) is 10.5. The molecule has 1 N–H and O–H groups in total. The van der Waals surface area contributed by atoms with E-state index >= 15 is 0 Å². The van der Waals surface area contributed by atoms with Gasteiger partial charge in [-0.05, 0) is 51.2 Å². The second-order valence-electron chi connectivity index (χ2n) is 15.9. The second kappa shape index (κ2) is 40.4. The number of phenols is 1. The van der Waals surface area contributed by atoms with E-state index in [4.69, 9.17) is 11.6 Å². The minimum atomic E-state index is -0.903. The Labute approximate surface area is 366 Å². The van der Waals surface area contributed by atoms with Gasteiger partial charge in [0.2, 0.25) is 0 Å². The summed E-state index contributed by atoms with van der Waals surface area (Å²) in [5.41, 5.74) is 3.07. The van der Waals surface area contributed by atoms with Crippen LogP contribution in [-0.4, -0.2) is 63.5 Å². The summed E-state index contributed by atoms with van der Waals surface area (Å²) in [6, 6.07) is 14.5. The number of nitrogens with zero attached hydrogens (tertiary/aromatic N) is 1. The SMILES string of the molecule is CCCCCCCCCCCCCCCCCC(=O)[O-].CCCCCCCCCCCC[N+](C)(C)Cc1ccccc1.Cc1ccc(Cl)c(C)c1O.[Cl-].[PbH+]. The molecule has 4 nitrogen and oxygen atoms in total. The zero-order valence-corrected chi connectivity index (χ0v) is 41.9. The Morgan fingerprint density at radius 3 is 1.35 bits per heavy atom. The van der Waals surface area contributed by atoms with Crippen molar-refractivity contribution in [2.75, 3.05) is 20.6 Å². The fourth-order valence-corrected chi connectivity index (χ4v) is 6.79. The fourth-order valence-electron chi connectivity index (χ4n) is 6.64. The molecule has 2 aromatic rings. The number of carbonyl (C=O) groups excluding carboxylic acids is 1. The number of aromatic hydroxyl groups is 1. The van der Waals surface area contributed by atoms with Gasteiger partial charge < -0.3 is 31.9 Å². The van der Waals surface area contributed by atoms with E-state index in [2.05, 4.69) is 58.3 Å². The van der Waals surface area contributed by atoms with E-state index in [1.165, 1.54) is 160 Å². The Bertz CT molecular complexity index is 1070. The van der Waals surface area contributed by atoms with Gasteiger partial charge in [0.05, 0.1) is 20.6 Å². The maximum absolute atomic E-state index is 10.2. The summed E-state index contributed by atoms with van der Waals surface area (Å²) in [6.07, 6.45) is 34.1. The number of aliphatic carboxylic acids is 1. The number of benzene rings is 2. The molecule has 0 aliphatic carbocycles. The first-order valence-electron chi connectivity index (χ1n) is 21.5. The van der Waals surface area contributed by atoms with Gasteiger partial charge in [-0.3, -0.25) is 0 Å². The average molecular weight is 988 g/mol. The third kappa shape index (κ3) is 36.8. The topological polar surface area (TPSA) is 60.4 Å². The van der Waals surface area contributed by atoms with Gasteiger partial charge in [-0.25, -0.2) is 0 Å². The Morgan fingerprint density at radius 2 is 0.981 bits per heavy atom. The number of phenolic OH excluding ortho intramolecular Hbond substituents is 1. The zero-order chi connectivity index (χ0) is 38.7. The number of aryl methyl sites for hydroxylation is 1. The van der Waals surface area contributed by atoms with Gasteiger partial charge in [0.25, 0.3) is 0 Å². The molecular weight excluding hydrogens is 905 g/mol. The zero-order valence-electron chi connectivity index (χ0n) is 35.9. The summed E-state index contributed by atoms with van der Waals surface area (Å²) in [6.45, 7) is 10.6. The number of rotatable bonds is 29. The van der Waals surface area contributed by atoms with E-state index in [1.54, 1.807) is 19.1 Å². The summed E-state index contributed by atoms with van der Waals surface area (Å²) in [5.74, 6) is -0.604. The fraction of sp³-hybridized carbons (Fsp3) is 0.723. The van der Waals surface area contributed by atoms with E-state index in [0.717, 1.165) is 35.0 Å². The Morgan fingerprint density at radius 1 is 0.611 bits per heavy atom. The first kappa shape index (κ1) is 57.5. The van der Waals surface area contributed by atoms with Crippen LogP contribution in [0.4, 0.5) is 0 Å². The van der Waals surface area contributed by atoms with Gasteiger partial charge >= 0.3 is 27.3 Å². The summed E-state index contributed by atoms with van der Waals surface area (Å²) < 4.78 is 1.11.